The Morgan fingerprint density at radius 1 is 0.630 bits per heavy atom. The minimum atomic E-state index is -1.18. The van der Waals surface area contributed by atoms with Crippen LogP contribution in [0, 0.1) is 0 Å². The van der Waals surface area contributed by atoms with E-state index in [0.29, 0.717) is 25.9 Å². The standard InChI is InChI=1S/2C6H14N2O2.C3H7NO3/c2*7-4-2-1-3-5(8)6(9)10;4-2(1-5)3(6)7/h2*5H,1-4,7-8H2,(H,9,10);2,5H,1,4H2,(H,6,7). The molecular formula is C15H35N5O7. The Labute approximate surface area is 158 Å². The van der Waals surface area contributed by atoms with E-state index in [1.165, 1.54) is 0 Å². The van der Waals surface area contributed by atoms with Gasteiger partial charge in [0.05, 0.1) is 6.61 Å². The number of unbranched alkanes of at least 4 members (excludes halogenated alkanes) is 2. The van der Waals surface area contributed by atoms with Crippen molar-refractivity contribution in [1.29, 1.82) is 0 Å². The van der Waals surface area contributed by atoms with Crippen molar-refractivity contribution in [2.24, 2.45) is 28.7 Å². The maximum absolute atomic E-state index is 10.1. The van der Waals surface area contributed by atoms with Crippen molar-refractivity contribution in [2.75, 3.05) is 19.7 Å². The lowest BCUT2D eigenvalue weighted by Gasteiger charge is -2.03. The summed E-state index contributed by atoms with van der Waals surface area (Å²) in [5.41, 5.74) is 25.6. The first-order valence-corrected chi connectivity index (χ1v) is 8.51. The van der Waals surface area contributed by atoms with Crippen LogP contribution in [0.25, 0.3) is 0 Å². The van der Waals surface area contributed by atoms with Gasteiger partial charge in [0.25, 0.3) is 0 Å². The van der Waals surface area contributed by atoms with Gasteiger partial charge >= 0.3 is 17.9 Å². The molecule has 0 heterocycles. The normalized spacial score (nSPS) is 13.1. The molecule has 14 N–H and O–H groups in total. The SMILES string of the molecule is NC(CO)C(=O)O.NCCCCC(N)C(=O)O.NCCCCC(N)C(=O)O. The van der Waals surface area contributed by atoms with E-state index >= 15 is 0 Å². The number of aliphatic carboxylic acids is 3. The second-order valence-electron chi connectivity index (χ2n) is 5.59. The van der Waals surface area contributed by atoms with Gasteiger partial charge in [0, 0.05) is 0 Å². The Kier molecular flexibility index (Phi) is 22.7. The number of carboxylic acids is 3. The van der Waals surface area contributed by atoms with E-state index < -0.39 is 42.6 Å². The molecule has 12 nitrogen and oxygen atoms in total. The molecular weight excluding hydrogens is 362 g/mol. The summed E-state index contributed by atoms with van der Waals surface area (Å²) in [6, 6.07) is -2.56. The Bertz CT molecular complexity index is 373. The number of rotatable bonds is 12. The monoisotopic (exact) mass is 397 g/mol. The average molecular weight is 397 g/mol. The average Bonchev–Trinajstić information content (AvgIpc) is 2.61. The molecule has 0 amide bonds. The number of aliphatic hydroxyl groups is 1. The predicted molar refractivity (Wildman–Crippen MR) is 99.7 cm³/mol. The van der Waals surface area contributed by atoms with Gasteiger partial charge < -0.3 is 49.1 Å². The van der Waals surface area contributed by atoms with Crippen molar-refractivity contribution in [3.05, 3.63) is 0 Å². The van der Waals surface area contributed by atoms with Crippen molar-refractivity contribution in [3.8, 4) is 0 Å². The van der Waals surface area contributed by atoms with Crippen molar-refractivity contribution < 1.29 is 34.8 Å². The van der Waals surface area contributed by atoms with Crippen LogP contribution < -0.4 is 28.7 Å². The largest absolute Gasteiger partial charge is 0.480 e. The van der Waals surface area contributed by atoms with E-state index in [4.69, 9.17) is 49.1 Å². The molecule has 0 aliphatic carbocycles. The first-order valence-electron chi connectivity index (χ1n) is 8.51. The molecule has 0 bridgehead atoms. The number of carbonyl (C=O) groups is 3. The summed E-state index contributed by atoms with van der Waals surface area (Å²) in [5, 5.41) is 32.5. The van der Waals surface area contributed by atoms with Gasteiger partial charge in [0.2, 0.25) is 0 Å². The van der Waals surface area contributed by atoms with Crippen molar-refractivity contribution >= 4 is 17.9 Å². The van der Waals surface area contributed by atoms with Crippen LogP contribution in [0.15, 0.2) is 0 Å². The lowest BCUT2D eigenvalue weighted by molar-refractivity contribution is -0.140. The summed E-state index contributed by atoms with van der Waals surface area (Å²) in [6.45, 7) is 0.702. The quantitative estimate of drug-likeness (QED) is 0.154. The number of hydrogen-bond acceptors (Lipinski definition) is 9. The van der Waals surface area contributed by atoms with Gasteiger partial charge in [-0.3, -0.25) is 14.4 Å². The minimum Gasteiger partial charge on any atom is -0.480 e. The van der Waals surface area contributed by atoms with E-state index in [0.717, 1.165) is 25.7 Å². The van der Waals surface area contributed by atoms with Crippen molar-refractivity contribution in [2.45, 2.75) is 56.7 Å². The number of nitrogens with two attached hydrogens (primary N) is 5. The van der Waals surface area contributed by atoms with Crippen LogP contribution in [0.3, 0.4) is 0 Å². The van der Waals surface area contributed by atoms with Gasteiger partial charge in [-0.15, -0.1) is 0 Å². The van der Waals surface area contributed by atoms with Crippen LogP contribution in [0.5, 0.6) is 0 Å². The van der Waals surface area contributed by atoms with Gasteiger partial charge in [-0.1, -0.05) is 12.8 Å². The van der Waals surface area contributed by atoms with Crippen LogP contribution in [0.4, 0.5) is 0 Å². The molecule has 3 atom stereocenters. The summed E-state index contributed by atoms with van der Waals surface area (Å²) in [7, 11) is 0. The maximum Gasteiger partial charge on any atom is 0.322 e. The maximum atomic E-state index is 10.1. The van der Waals surface area contributed by atoms with Gasteiger partial charge in [-0.25, -0.2) is 0 Å². The van der Waals surface area contributed by atoms with Crippen LogP contribution >= 0.6 is 0 Å². The third kappa shape index (κ3) is 24.2. The second kappa shape index (κ2) is 20.5. The Balaban J connectivity index is -0.000000326. The van der Waals surface area contributed by atoms with Crippen molar-refractivity contribution in [1.82, 2.24) is 0 Å². The summed E-state index contributed by atoms with van der Waals surface area (Å²) >= 11 is 0. The molecule has 0 aromatic heterocycles. The van der Waals surface area contributed by atoms with E-state index in [-0.39, 0.29) is 0 Å². The van der Waals surface area contributed by atoms with Crippen LogP contribution in [0.1, 0.15) is 38.5 Å². The summed E-state index contributed by atoms with van der Waals surface area (Å²) in [6.07, 6.45) is 4.33. The van der Waals surface area contributed by atoms with Crippen LogP contribution in [-0.4, -0.2) is 76.2 Å². The highest BCUT2D eigenvalue weighted by Crippen LogP contribution is 1.97. The molecule has 0 radical (unpaired) electrons. The van der Waals surface area contributed by atoms with E-state index in [1.54, 1.807) is 0 Å². The topological polar surface area (TPSA) is 262 Å². The van der Waals surface area contributed by atoms with Crippen LogP contribution in [0.2, 0.25) is 0 Å². The predicted octanol–water partition coefficient (Wildman–Crippen LogP) is -2.55. The number of hydrogen-bond donors (Lipinski definition) is 9. The Hall–Kier alpha value is -1.83. The molecule has 27 heavy (non-hydrogen) atoms. The fourth-order valence-corrected chi connectivity index (χ4v) is 1.34. The molecule has 162 valence electrons. The fourth-order valence-electron chi connectivity index (χ4n) is 1.34. The lowest BCUT2D eigenvalue weighted by Crippen LogP contribution is -2.33. The first-order chi connectivity index (χ1) is 12.5. The fraction of sp³-hybridized carbons (Fsp3) is 0.800. The highest BCUT2D eigenvalue weighted by molar-refractivity contribution is 5.73. The minimum absolute atomic E-state index is 0.505. The van der Waals surface area contributed by atoms with Gasteiger partial charge in [0.1, 0.15) is 18.1 Å². The summed E-state index contributed by atoms with van der Waals surface area (Å²) < 4.78 is 0. The molecule has 0 aliphatic heterocycles. The second-order valence-corrected chi connectivity index (χ2v) is 5.59. The number of carboxylic acid groups (broad SMARTS) is 3. The molecule has 0 spiro atoms. The molecule has 3 unspecified atom stereocenters. The van der Waals surface area contributed by atoms with Crippen molar-refractivity contribution in [3.63, 3.8) is 0 Å². The molecule has 0 aliphatic rings. The highest BCUT2D eigenvalue weighted by Gasteiger charge is 2.10. The zero-order valence-corrected chi connectivity index (χ0v) is 15.5. The molecule has 0 aromatic carbocycles. The first kappa shape index (κ1) is 29.9. The molecule has 0 rings (SSSR count). The Morgan fingerprint density at radius 3 is 1.07 bits per heavy atom. The third-order valence-electron chi connectivity index (χ3n) is 3.09. The molecule has 0 saturated heterocycles. The zero-order chi connectivity index (χ0) is 21.8. The molecule has 12 heteroatoms. The zero-order valence-electron chi connectivity index (χ0n) is 15.5. The highest BCUT2D eigenvalue weighted by atomic mass is 16.4. The summed E-state index contributed by atoms with van der Waals surface area (Å²) in [5.74, 6) is -3.04. The van der Waals surface area contributed by atoms with E-state index in [2.05, 4.69) is 0 Å². The number of aliphatic hydroxyl groups excluding tert-OH is 1. The molecule has 0 fully saturated rings. The van der Waals surface area contributed by atoms with Gasteiger partial charge in [-0.2, -0.15) is 0 Å². The van der Waals surface area contributed by atoms with E-state index in [1.807, 2.05) is 0 Å². The molecule has 0 aromatic rings. The van der Waals surface area contributed by atoms with Gasteiger partial charge in [0.15, 0.2) is 0 Å². The summed E-state index contributed by atoms with van der Waals surface area (Å²) in [4.78, 5) is 29.9. The van der Waals surface area contributed by atoms with Gasteiger partial charge in [-0.05, 0) is 38.8 Å². The smallest absolute Gasteiger partial charge is 0.322 e. The lowest BCUT2D eigenvalue weighted by atomic mass is 10.1. The molecule has 0 saturated carbocycles. The van der Waals surface area contributed by atoms with Crippen LogP contribution in [-0.2, 0) is 14.4 Å². The Morgan fingerprint density at radius 2 is 0.926 bits per heavy atom. The third-order valence-corrected chi connectivity index (χ3v) is 3.09. The van der Waals surface area contributed by atoms with E-state index in [9.17, 15) is 14.4 Å².